The molecule has 1 saturated heterocycles. The van der Waals surface area contributed by atoms with Gasteiger partial charge in [0.15, 0.2) is 18.6 Å². The van der Waals surface area contributed by atoms with Crippen LogP contribution in [0.3, 0.4) is 0 Å². The zero-order valence-corrected chi connectivity index (χ0v) is 30.0. The summed E-state index contributed by atoms with van der Waals surface area (Å²) in [6.45, 7) is 3.91. The van der Waals surface area contributed by atoms with Crippen molar-refractivity contribution in [2.24, 2.45) is 0 Å². The summed E-state index contributed by atoms with van der Waals surface area (Å²) >= 11 is 1.40. The van der Waals surface area contributed by atoms with Crippen LogP contribution in [0.5, 0.6) is 5.75 Å². The van der Waals surface area contributed by atoms with Gasteiger partial charge in [0.1, 0.15) is 30.0 Å². The number of aliphatic hydroxyl groups excluding tert-OH is 1. The Morgan fingerprint density at radius 1 is 1.14 bits per heavy atom. The molecule has 3 N–H and O–H groups in total. The first-order valence-electron chi connectivity index (χ1n) is 15.3. The molecule has 1 amide bonds. The summed E-state index contributed by atoms with van der Waals surface area (Å²) in [6.07, 6.45) is -3.86. The van der Waals surface area contributed by atoms with Crippen molar-refractivity contribution in [3.05, 3.63) is 63.4 Å². The SMILES string of the molecule is COC(=O)N[C@H](CCSC)C(=O)OCn1c(=O)ccn([C@@H]2O[C@H](COP(=O)(N[C@@H](C)C(=O)OC(C)C)Oc3ccccc3)[C@@H](O)[C@@]2(C)F)c1=O. The third kappa shape index (κ3) is 10.6. The van der Waals surface area contributed by atoms with E-state index in [1.54, 1.807) is 38.3 Å². The number of thioether (sulfide) groups is 1. The fourth-order valence-corrected chi connectivity index (χ4v) is 6.57. The van der Waals surface area contributed by atoms with Crippen LogP contribution >= 0.6 is 19.5 Å². The Morgan fingerprint density at radius 3 is 2.44 bits per heavy atom. The number of nitrogens with zero attached hydrogens (tertiary/aromatic N) is 2. The highest BCUT2D eigenvalue weighted by Gasteiger charge is 2.56. The molecule has 2 aromatic rings. The van der Waals surface area contributed by atoms with E-state index in [0.717, 1.165) is 26.3 Å². The minimum atomic E-state index is -4.44. The average Bonchev–Trinajstić information content (AvgIpc) is 3.28. The van der Waals surface area contributed by atoms with Gasteiger partial charge in [-0.2, -0.15) is 16.8 Å². The summed E-state index contributed by atoms with van der Waals surface area (Å²) in [4.78, 5) is 62.9. The molecule has 1 aliphatic rings. The van der Waals surface area contributed by atoms with Gasteiger partial charge in [-0.3, -0.25) is 18.7 Å². The zero-order valence-electron chi connectivity index (χ0n) is 28.3. The molecule has 1 aromatic heterocycles. The number of aromatic nitrogens is 2. The number of hydrogen-bond donors (Lipinski definition) is 3. The second kappa shape index (κ2) is 18.0. The standard InChI is InChI=1S/C30H42FN4O13PS/c1-18(2)46-25(38)19(3)33-49(42,48-20-10-8-7-9-11-20)45-16-22-24(37)30(4,31)27(47-22)34-14-12-23(36)35(29(34)41)17-44-26(39)21(13-15-50-6)32-28(40)43-5/h7-12,14,18-19,21-22,24,27,37H,13,15-17H2,1-6H3,(H,32,40)(H,33,42)/t19-,21+,22+,24+,27+,30+,49?/m0/s1. The van der Waals surface area contributed by atoms with E-state index in [-0.39, 0.29) is 12.2 Å². The highest BCUT2D eigenvalue weighted by atomic mass is 32.2. The summed E-state index contributed by atoms with van der Waals surface area (Å²) in [7, 11) is -3.33. The number of amides is 1. The highest BCUT2D eigenvalue weighted by Crippen LogP contribution is 2.47. The van der Waals surface area contributed by atoms with Crippen LogP contribution in [-0.4, -0.2) is 94.1 Å². The predicted molar refractivity (Wildman–Crippen MR) is 177 cm³/mol. The number of methoxy groups -OCH3 is 1. The number of alkyl halides is 1. The first-order chi connectivity index (χ1) is 23.5. The lowest BCUT2D eigenvalue weighted by Crippen LogP contribution is -2.47. The molecule has 1 unspecified atom stereocenters. The van der Waals surface area contributed by atoms with Gasteiger partial charge < -0.3 is 33.9 Å². The van der Waals surface area contributed by atoms with Crippen LogP contribution in [0.1, 0.15) is 40.3 Å². The molecule has 278 valence electrons. The Labute approximate surface area is 291 Å². The predicted octanol–water partition coefficient (Wildman–Crippen LogP) is 2.11. The van der Waals surface area contributed by atoms with Gasteiger partial charge in [-0.15, -0.1) is 0 Å². The van der Waals surface area contributed by atoms with Gasteiger partial charge >= 0.3 is 31.5 Å². The van der Waals surface area contributed by atoms with E-state index in [9.17, 15) is 33.6 Å². The van der Waals surface area contributed by atoms with Gasteiger partial charge in [0.25, 0.3) is 5.56 Å². The number of para-hydroxylation sites is 1. The minimum absolute atomic E-state index is 0.0972. The normalized spacial score (nSPS) is 22.6. The summed E-state index contributed by atoms with van der Waals surface area (Å²) < 4.78 is 62.7. The quantitative estimate of drug-likeness (QED) is 0.120. The number of aliphatic hydroxyl groups is 1. The summed E-state index contributed by atoms with van der Waals surface area (Å²) in [5.41, 5.74) is -4.75. The summed E-state index contributed by atoms with van der Waals surface area (Å²) in [5.74, 6) is -1.17. The third-order valence-corrected chi connectivity index (χ3v) is 9.50. The van der Waals surface area contributed by atoms with Crippen LogP contribution in [0, 0.1) is 0 Å². The molecule has 20 heteroatoms. The number of nitrogens with one attached hydrogen (secondary N) is 2. The van der Waals surface area contributed by atoms with E-state index in [1.807, 2.05) is 0 Å². The number of benzene rings is 1. The number of alkyl carbamates (subject to hydrolysis) is 1. The first kappa shape index (κ1) is 40.7. The number of ether oxygens (including phenoxy) is 4. The van der Waals surface area contributed by atoms with Crippen LogP contribution in [0.15, 0.2) is 52.2 Å². The number of esters is 2. The van der Waals surface area contributed by atoms with Crippen molar-refractivity contribution >= 4 is 37.5 Å². The van der Waals surface area contributed by atoms with Crippen LogP contribution in [-0.2, 0) is 44.4 Å². The van der Waals surface area contributed by atoms with Crippen molar-refractivity contribution in [1.29, 1.82) is 0 Å². The van der Waals surface area contributed by atoms with Crippen molar-refractivity contribution in [3.8, 4) is 5.75 Å². The van der Waals surface area contributed by atoms with E-state index < -0.39 is 92.7 Å². The second-order valence-electron chi connectivity index (χ2n) is 11.5. The molecule has 0 saturated carbocycles. The van der Waals surface area contributed by atoms with Gasteiger partial charge in [0.2, 0.25) is 0 Å². The fourth-order valence-electron chi connectivity index (χ4n) is 4.60. The molecule has 1 fully saturated rings. The van der Waals surface area contributed by atoms with Gasteiger partial charge in [0.05, 0.1) is 19.8 Å². The topological polar surface area (TPSA) is 212 Å². The molecular weight excluding hydrogens is 706 g/mol. The van der Waals surface area contributed by atoms with Crippen molar-refractivity contribution in [2.75, 3.05) is 25.7 Å². The number of rotatable bonds is 17. The summed E-state index contributed by atoms with van der Waals surface area (Å²) in [5, 5.41) is 15.7. The lowest BCUT2D eigenvalue weighted by molar-refractivity contribution is -0.150. The molecule has 1 aromatic carbocycles. The molecule has 17 nitrogen and oxygen atoms in total. The largest absolute Gasteiger partial charge is 0.462 e. The van der Waals surface area contributed by atoms with Crippen LogP contribution in [0.4, 0.5) is 9.18 Å². The maximum Gasteiger partial charge on any atom is 0.459 e. The fraction of sp³-hybridized carbons (Fsp3) is 0.567. The van der Waals surface area contributed by atoms with Crippen LogP contribution < -0.4 is 26.2 Å². The Morgan fingerprint density at radius 2 is 1.82 bits per heavy atom. The van der Waals surface area contributed by atoms with Crippen molar-refractivity contribution in [2.45, 2.75) is 83.1 Å². The second-order valence-corrected chi connectivity index (χ2v) is 14.2. The Hall–Kier alpha value is -3.74. The first-order valence-corrected chi connectivity index (χ1v) is 18.3. The number of hydrogen-bond acceptors (Lipinski definition) is 14. The summed E-state index contributed by atoms with van der Waals surface area (Å²) in [6, 6.07) is 6.38. The van der Waals surface area contributed by atoms with Gasteiger partial charge in [-0.25, -0.2) is 27.9 Å². The smallest absolute Gasteiger partial charge is 0.459 e. The molecule has 0 bridgehead atoms. The molecule has 0 radical (unpaired) electrons. The third-order valence-electron chi connectivity index (χ3n) is 7.21. The average molecular weight is 749 g/mol. The van der Waals surface area contributed by atoms with E-state index >= 15 is 4.39 Å². The van der Waals surface area contributed by atoms with Crippen LogP contribution in [0.2, 0.25) is 0 Å². The molecule has 1 aliphatic heterocycles. The minimum Gasteiger partial charge on any atom is -0.462 e. The lowest BCUT2D eigenvalue weighted by Gasteiger charge is -2.26. The van der Waals surface area contributed by atoms with Gasteiger partial charge in [-0.05, 0) is 58.3 Å². The number of carbonyl (C=O) groups excluding carboxylic acids is 3. The Bertz CT molecular complexity index is 1640. The Kier molecular flexibility index (Phi) is 14.6. The highest BCUT2D eigenvalue weighted by molar-refractivity contribution is 7.98. The lowest BCUT2D eigenvalue weighted by atomic mass is 9.98. The van der Waals surface area contributed by atoms with E-state index in [1.165, 1.54) is 30.8 Å². The van der Waals surface area contributed by atoms with Crippen molar-refractivity contribution in [1.82, 2.24) is 19.5 Å². The number of carbonyl (C=O) groups is 3. The monoisotopic (exact) mass is 748 g/mol. The molecular formula is C30H42FN4O13PS. The van der Waals surface area contributed by atoms with Crippen molar-refractivity contribution in [3.63, 3.8) is 0 Å². The van der Waals surface area contributed by atoms with Gasteiger partial charge in [0, 0.05) is 12.3 Å². The maximum absolute atomic E-state index is 16.1. The molecule has 3 rings (SSSR count). The Balaban J connectivity index is 1.81. The molecule has 2 heterocycles. The van der Waals surface area contributed by atoms with Gasteiger partial charge in [-0.1, -0.05) is 18.2 Å². The van der Waals surface area contributed by atoms with Crippen LogP contribution in [0.25, 0.3) is 0 Å². The molecule has 7 atom stereocenters. The molecule has 50 heavy (non-hydrogen) atoms. The van der Waals surface area contributed by atoms with E-state index in [2.05, 4.69) is 15.1 Å². The molecule has 0 spiro atoms. The van der Waals surface area contributed by atoms with Crippen molar-refractivity contribution < 1.29 is 56.4 Å². The van der Waals surface area contributed by atoms with E-state index in [0.29, 0.717) is 14.9 Å². The molecule has 0 aliphatic carbocycles. The maximum atomic E-state index is 16.1. The van der Waals surface area contributed by atoms with E-state index in [4.69, 9.17) is 23.3 Å². The number of halogens is 1. The zero-order chi connectivity index (χ0) is 37.2.